The fourth-order valence-electron chi connectivity index (χ4n) is 9.54. The van der Waals surface area contributed by atoms with E-state index in [2.05, 4.69) is 20.8 Å². The van der Waals surface area contributed by atoms with Crippen LogP contribution in [-0.2, 0) is 18.0 Å². The van der Waals surface area contributed by atoms with Crippen molar-refractivity contribution >= 4 is 43.1 Å². The Morgan fingerprint density at radius 1 is 1.16 bits per heavy atom. The van der Waals surface area contributed by atoms with E-state index in [4.69, 9.17) is 25.2 Å². The van der Waals surface area contributed by atoms with Crippen molar-refractivity contribution < 1.29 is 27.8 Å². The summed E-state index contributed by atoms with van der Waals surface area (Å²) in [5.41, 5.74) is 7.78. The van der Waals surface area contributed by atoms with Crippen LogP contribution in [0.2, 0.25) is 0 Å². The van der Waals surface area contributed by atoms with Crippen LogP contribution in [0.3, 0.4) is 0 Å². The Labute approximate surface area is 291 Å². The van der Waals surface area contributed by atoms with Gasteiger partial charge in [0.2, 0.25) is 0 Å². The number of likely N-dealkylation sites (tertiary alicyclic amines) is 1. The number of alkyl halides is 1. The number of rotatable bonds is 7. The predicted molar refractivity (Wildman–Crippen MR) is 184 cm³/mol. The van der Waals surface area contributed by atoms with Gasteiger partial charge in [-0.25, -0.2) is 13.2 Å². The zero-order chi connectivity index (χ0) is 34.5. The fraction of sp³-hybridized carbons (Fsp3) is 0.528. The zero-order valence-corrected chi connectivity index (χ0v) is 28.5. The number of hydrogen-bond acceptors (Lipinski definition) is 11. The van der Waals surface area contributed by atoms with Crippen LogP contribution < -0.4 is 15.4 Å². The van der Waals surface area contributed by atoms with Gasteiger partial charge in [0, 0.05) is 55.6 Å². The Morgan fingerprint density at radius 2 is 1.94 bits per heavy atom. The summed E-state index contributed by atoms with van der Waals surface area (Å²) >= 11 is 0.966. The molecule has 50 heavy (non-hydrogen) atoms. The van der Waals surface area contributed by atoms with Crippen LogP contribution in [0.25, 0.3) is 32.1 Å². The molecule has 14 heteroatoms. The second-order valence-corrected chi connectivity index (χ2v) is 15.7. The van der Waals surface area contributed by atoms with E-state index in [1.165, 1.54) is 12.1 Å². The van der Waals surface area contributed by atoms with E-state index in [1.807, 2.05) is 0 Å². The van der Waals surface area contributed by atoms with Gasteiger partial charge < -0.3 is 25.2 Å². The lowest BCUT2D eigenvalue weighted by molar-refractivity contribution is 0.107. The van der Waals surface area contributed by atoms with Gasteiger partial charge in [0.15, 0.2) is 5.82 Å². The topological polar surface area (TPSA) is 124 Å². The highest BCUT2D eigenvalue weighted by Crippen LogP contribution is 2.49. The van der Waals surface area contributed by atoms with E-state index in [0.717, 1.165) is 62.2 Å². The Balaban J connectivity index is 1.24. The molecule has 0 spiro atoms. The molecular weight excluding hydrogens is 668 g/mol. The van der Waals surface area contributed by atoms with Gasteiger partial charge in [0.25, 0.3) is 0 Å². The molecule has 262 valence electrons. The van der Waals surface area contributed by atoms with Crippen LogP contribution in [0.1, 0.15) is 55.7 Å². The Morgan fingerprint density at radius 3 is 2.70 bits per heavy atom. The van der Waals surface area contributed by atoms with Gasteiger partial charge in [-0.05, 0) is 61.9 Å². The van der Waals surface area contributed by atoms with E-state index in [0.29, 0.717) is 41.8 Å². The standard InChI is InChI=1S/C36H38F3N7O3S/c1-18(47)11-44-13-20-3-4-21(14-44)46(20)34-29-25-16-48-15-24(25)27(22-5-6-26(38)32-28(22)23(10-40)33(41)50-32)30(39)31(29)42-35(43-34)49-17-36-7-2-8-45(36)12-19(37)9-36/h5-6,18-21,47H,2-4,7-9,11-17,41H2,1H3/t18-,19-,20?,21?,36-/m1/s1. The van der Waals surface area contributed by atoms with Crippen molar-refractivity contribution in [1.29, 1.82) is 5.26 Å². The van der Waals surface area contributed by atoms with Gasteiger partial charge in [-0.1, -0.05) is 6.07 Å². The first-order valence-corrected chi connectivity index (χ1v) is 18.2. The molecule has 5 atom stereocenters. The number of nitrogen functional groups attached to an aromatic ring is 1. The monoisotopic (exact) mass is 705 g/mol. The number of anilines is 2. The summed E-state index contributed by atoms with van der Waals surface area (Å²) in [6.07, 6.45) is 2.58. The summed E-state index contributed by atoms with van der Waals surface area (Å²) in [6, 6.07) is 5.05. The molecule has 2 aromatic carbocycles. The molecule has 2 bridgehead atoms. The molecule has 5 aliphatic rings. The number of nitriles is 1. The molecule has 3 N–H and O–H groups in total. The highest BCUT2D eigenvalue weighted by molar-refractivity contribution is 7.23. The molecule has 9 rings (SSSR count). The Hall–Kier alpha value is -3.74. The minimum atomic E-state index is -0.930. The second-order valence-electron chi connectivity index (χ2n) is 14.7. The van der Waals surface area contributed by atoms with Crippen molar-refractivity contribution in [2.45, 2.75) is 82.1 Å². The number of nitrogens with zero attached hydrogens (tertiary/aromatic N) is 6. The molecule has 4 aromatic rings. The van der Waals surface area contributed by atoms with Crippen molar-refractivity contribution in [2.75, 3.05) is 50.0 Å². The average Bonchev–Trinajstić information content (AvgIpc) is 3.88. The maximum atomic E-state index is 17.5. The van der Waals surface area contributed by atoms with Crippen LogP contribution in [0.5, 0.6) is 6.01 Å². The smallest absolute Gasteiger partial charge is 0.319 e. The normalized spacial score (nSPS) is 27.0. The molecule has 2 unspecified atom stereocenters. The van der Waals surface area contributed by atoms with Crippen LogP contribution >= 0.6 is 11.3 Å². The number of ether oxygens (including phenoxy) is 2. The number of hydrogen-bond donors (Lipinski definition) is 2. The third-order valence-electron chi connectivity index (χ3n) is 11.5. The van der Waals surface area contributed by atoms with Gasteiger partial charge >= 0.3 is 6.01 Å². The summed E-state index contributed by atoms with van der Waals surface area (Å²) in [7, 11) is 0. The number of thiophene rings is 1. The van der Waals surface area contributed by atoms with E-state index in [-0.39, 0.29) is 69.6 Å². The lowest BCUT2D eigenvalue weighted by Gasteiger charge is -2.42. The van der Waals surface area contributed by atoms with Gasteiger partial charge in [-0.15, -0.1) is 11.3 Å². The average molecular weight is 706 g/mol. The van der Waals surface area contributed by atoms with Crippen LogP contribution in [-0.4, -0.2) is 94.1 Å². The largest absolute Gasteiger partial charge is 0.461 e. The predicted octanol–water partition coefficient (Wildman–Crippen LogP) is 5.26. The highest BCUT2D eigenvalue weighted by Gasteiger charge is 2.50. The molecule has 5 aliphatic heterocycles. The molecule has 7 heterocycles. The van der Waals surface area contributed by atoms with E-state index in [1.54, 1.807) is 6.92 Å². The third-order valence-corrected chi connectivity index (χ3v) is 12.5. The Bertz CT molecular complexity index is 2070. The number of nitrogens with two attached hydrogens (primary N) is 1. The lowest BCUT2D eigenvalue weighted by atomic mass is 9.90. The zero-order valence-electron chi connectivity index (χ0n) is 27.7. The van der Waals surface area contributed by atoms with Gasteiger partial charge in [0.05, 0.1) is 40.5 Å². The fourth-order valence-corrected chi connectivity index (χ4v) is 10.5. The first kappa shape index (κ1) is 32.2. The van der Waals surface area contributed by atoms with Crippen molar-refractivity contribution in [3.8, 4) is 23.2 Å². The van der Waals surface area contributed by atoms with Crippen molar-refractivity contribution in [1.82, 2.24) is 19.8 Å². The molecule has 2 aromatic heterocycles. The van der Waals surface area contributed by atoms with Crippen molar-refractivity contribution in [3.63, 3.8) is 0 Å². The number of aliphatic hydroxyl groups excluding tert-OH is 1. The van der Waals surface area contributed by atoms with E-state index in [9.17, 15) is 14.8 Å². The molecule has 10 nitrogen and oxygen atoms in total. The molecular formula is C36H38F3N7O3S. The van der Waals surface area contributed by atoms with E-state index >= 15 is 8.78 Å². The lowest BCUT2D eigenvalue weighted by Crippen LogP contribution is -2.55. The summed E-state index contributed by atoms with van der Waals surface area (Å²) < 4.78 is 59.8. The number of β-amino-alcohol motifs (C(OH)–C–C–N with tert-alkyl or cyclic N) is 1. The second kappa shape index (κ2) is 11.9. The number of fused-ring (bicyclic) bond motifs is 7. The molecule has 4 saturated heterocycles. The highest BCUT2D eigenvalue weighted by atomic mass is 32.1. The number of aliphatic hydroxyl groups is 1. The maximum Gasteiger partial charge on any atom is 0.319 e. The minimum absolute atomic E-state index is 0.0207. The number of piperazine rings is 1. The summed E-state index contributed by atoms with van der Waals surface area (Å²) in [4.78, 5) is 16.5. The Kier molecular flexibility index (Phi) is 7.67. The minimum Gasteiger partial charge on any atom is -0.461 e. The molecule has 4 fully saturated rings. The van der Waals surface area contributed by atoms with Crippen LogP contribution in [0.15, 0.2) is 12.1 Å². The molecule has 0 saturated carbocycles. The van der Waals surface area contributed by atoms with Crippen LogP contribution in [0, 0.1) is 23.0 Å². The SMILES string of the molecule is C[C@@H](O)CN1CC2CCC(C1)N2c1nc(OC[C@]23CCCN2C[C@H](F)C3)nc2c(F)c(-c3ccc(F)c4sc(N)c(C#N)c34)c3c(c12)COC3. The molecule has 0 radical (unpaired) electrons. The first-order valence-electron chi connectivity index (χ1n) is 17.4. The summed E-state index contributed by atoms with van der Waals surface area (Å²) in [5.74, 6) is -0.590. The molecule has 0 aliphatic carbocycles. The number of aromatic nitrogens is 2. The number of benzene rings is 2. The maximum absolute atomic E-state index is 17.5. The quantitative estimate of drug-likeness (QED) is 0.263. The van der Waals surface area contributed by atoms with Gasteiger partial charge in [-0.3, -0.25) is 9.80 Å². The number of halogens is 3. The third kappa shape index (κ3) is 4.88. The summed E-state index contributed by atoms with van der Waals surface area (Å²) in [6.45, 7) is 5.50. The first-order chi connectivity index (χ1) is 24.2. The van der Waals surface area contributed by atoms with Crippen molar-refractivity contribution in [2.24, 2.45) is 0 Å². The van der Waals surface area contributed by atoms with Gasteiger partial charge in [-0.2, -0.15) is 15.2 Å². The van der Waals surface area contributed by atoms with E-state index < -0.39 is 29.4 Å². The summed E-state index contributed by atoms with van der Waals surface area (Å²) in [5, 5.41) is 21.1. The van der Waals surface area contributed by atoms with Gasteiger partial charge in [0.1, 0.15) is 41.0 Å². The molecule has 0 amide bonds. The van der Waals surface area contributed by atoms with Crippen LogP contribution in [0.4, 0.5) is 24.0 Å². The van der Waals surface area contributed by atoms with Crippen molar-refractivity contribution in [3.05, 3.63) is 40.5 Å².